The van der Waals surface area contributed by atoms with Crippen molar-refractivity contribution in [3.8, 4) is 0 Å². The number of carbonyl (C=O) groups excluding carboxylic acids is 1. The van der Waals surface area contributed by atoms with Crippen molar-refractivity contribution in [1.29, 1.82) is 0 Å². The normalized spacial score (nSPS) is 22.4. The van der Waals surface area contributed by atoms with Crippen molar-refractivity contribution in [2.75, 3.05) is 13.1 Å². The van der Waals surface area contributed by atoms with Gasteiger partial charge < -0.3 is 15.2 Å². The van der Waals surface area contributed by atoms with Gasteiger partial charge in [-0.05, 0) is 32.7 Å². The summed E-state index contributed by atoms with van der Waals surface area (Å²) in [6.45, 7) is 7.23. The maximum Gasteiger partial charge on any atom is 0.259 e. The van der Waals surface area contributed by atoms with Crippen LogP contribution in [0.15, 0.2) is 4.52 Å². The van der Waals surface area contributed by atoms with Gasteiger partial charge in [0.1, 0.15) is 11.3 Å². The van der Waals surface area contributed by atoms with Gasteiger partial charge in [-0.1, -0.05) is 12.1 Å². The maximum absolute atomic E-state index is 12.6. The number of amides is 1. The topological polar surface area (TPSA) is 72.4 Å². The molecule has 2 N–H and O–H groups in total. The molecular weight excluding hydrogens is 266 g/mol. The minimum Gasteiger partial charge on any atom is -0.360 e. The number of aryl methyl sites for hydroxylation is 2. The molecule has 1 saturated heterocycles. The molecule has 108 valence electrons. The number of nitrogens with zero attached hydrogens (tertiary/aromatic N) is 2. The molecule has 6 heteroatoms. The average Bonchev–Trinajstić information content (AvgIpc) is 2.91. The third-order valence-corrected chi connectivity index (χ3v) is 3.72. The van der Waals surface area contributed by atoms with Crippen molar-refractivity contribution < 1.29 is 9.32 Å². The van der Waals surface area contributed by atoms with Crippen molar-refractivity contribution >= 4 is 18.3 Å². The van der Waals surface area contributed by atoms with Crippen LogP contribution in [-0.2, 0) is 6.42 Å². The second kappa shape index (κ2) is 6.39. The predicted octanol–water partition coefficient (Wildman–Crippen LogP) is 1.78. The first-order valence-electron chi connectivity index (χ1n) is 6.54. The van der Waals surface area contributed by atoms with Crippen LogP contribution in [0.3, 0.4) is 0 Å². The molecule has 2 rings (SSSR count). The number of hydrogen-bond donors (Lipinski definition) is 1. The first kappa shape index (κ1) is 16.0. The monoisotopic (exact) mass is 287 g/mol. The molecule has 2 unspecified atom stereocenters. The molecule has 0 aliphatic carbocycles. The van der Waals surface area contributed by atoms with Gasteiger partial charge in [0, 0.05) is 19.0 Å². The van der Waals surface area contributed by atoms with Gasteiger partial charge in [-0.25, -0.2) is 0 Å². The Hall–Kier alpha value is -1.07. The van der Waals surface area contributed by atoms with E-state index in [1.807, 2.05) is 18.7 Å². The third kappa shape index (κ3) is 2.92. The van der Waals surface area contributed by atoms with Crippen LogP contribution < -0.4 is 5.73 Å². The number of hydrogen-bond acceptors (Lipinski definition) is 4. The first-order chi connectivity index (χ1) is 8.58. The average molecular weight is 288 g/mol. The molecule has 19 heavy (non-hydrogen) atoms. The van der Waals surface area contributed by atoms with Gasteiger partial charge >= 0.3 is 0 Å². The Labute approximate surface area is 119 Å². The highest BCUT2D eigenvalue weighted by Crippen LogP contribution is 2.26. The molecule has 1 fully saturated rings. The molecule has 2 heterocycles. The van der Waals surface area contributed by atoms with Crippen LogP contribution in [-0.4, -0.2) is 35.1 Å². The number of nitrogens with two attached hydrogens (primary N) is 1. The standard InChI is InChI=1S/C13H21N3O2.ClH/c1-4-11-12(9(3)15-18-11)13(17)16-7-10(6-14)5-8(16)2;/h8,10H,4-7,14H2,1-3H3;1H. The molecule has 5 nitrogen and oxygen atoms in total. The summed E-state index contributed by atoms with van der Waals surface area (Å²) >= 11 is 0. The molecule has 0 spiro atoms. The van der Waals surface area contributed by atoms with E-state index in [-0.39, 0.29) is 24.4 Å². The van der Waals surface area contributed by atoms with Crippen molar-refractivity contribution in [2.45, 2.75) is 39.7 Å². The Morgan fingerprint density at radius 3 is 2.79 bits per heavy atom. The Balaban J connectivity index is 0.00000180. The fraction of sp³-hybridized carbons (Fsp3) is 0.692. The van der Waals surface area contributed by atoms with E-state index >= 15 is 0 Å². The zero-order chi connectivity index (χ0) is 13.3. The Morgan fingerprint density at radius 2 is 2.26 bits per heavy atom. The lowest BCUT2D eigenvalue weighted by atomic mass is 10.1. The molecule has 1 aromatic rings. The van der Waals surface area contributed by atoms with Gasteiger partial charge in [-0.2, -0.15) is 0 Å². The molecule has 1 aliphatic rings. The quantitative estimate of drug-likeness (QED) is 0.920. The van der Waals surface area contributed by atoms with E-state index in [2.05, 4.69) is 12.1 Å². The molecule has 0 bridgehead atoms. The SMILES string of the molecule is CCc1onc(C)c1C(=O)N1CC(CN)CC1C.Cl. The summed E-state index contributed by atoms with van der Waals surface area (Å²) in [5.74, 6) is 1.13. The third-order valence-electron chi connectivity index (χ3n) is 3.72. The van der Waals surface area contributed by atoms with E-state index in [9.17, 15) is 4.79 Å². The summed E-state index contributed by atoms with van der Waals surface area (Å²) in [5, 5.41) is 3.90. The molecule has 0 radical (unpaired) electrons. The minimum atomic E-state index is 0. The van der Waals surface area contributed by atoms with Crippen molar-refractivity contribution in [2.24, 2.45) is 11.7 Å². The molecular formula is C13H22ClN3O2. The van der Waals surface area contributed by atoms with E-state index in [1.54, 1.807) is 0 Å². The Kier molecular flexibility index (Phi) is 5.38. The number of aromatic nitrogens is 1. The largest absolute Gasteiger partial charge is 0.360 e. The Morgan fingerprint density at radius 1 is 1.58 bits per heavy atom. The molecule has 1 amide bonds. The van der Waals surface area contributed by atoms with Gasteiger partial charge in [-0.3, -0.25) is 4.79 Å². The van der Waals surface area contributed by atoms with Crippen LogP contribution in [0, 0.1) is 12.8 Å². The fourth-order valence-electron chi connectivity index (χ4n) is 2.67. The first-order valence-corrected chi connectivity index (χ1v) is 6.54. The summed E-state index contributed by atoms with van der Waals surface area (Å²) in [4.78, 5) is 14.5. The highest BCUT2D eigenvalue weighted by atomic mass is 35.5. The number of carbonyl (C=O) groups is 1. The summed E-state index contributed by atoms with van der Waals surface area (Å²) in [6.07, 6.45) is 1.67. The minimum absolute atomic E-state index is 0. The van der Waals surface area contributed by atoms with Crippen molar-refractivity contribution in [3.05, 3.63) is 17.0 Å². The van der Waals surface area contributed by atoms with E-state index < -0.39 is 0 Å². The number of rotatable bonds is 3. The molecule has 0 saturated carbocycles. The zero-order valence-electron chi connectivity index (χ0n) is 11.7. The van der Waals surface area contributed by atoms with Crippen LogP contribution in [0.5, 0.6) is 0 Å². The lowest BCUT2D eigenvalue weighted by Gasteiger charge is -2.21. The second-order valence-electron chi connectivity index (χ2n) is 5.06. The smallest absolute Gasteiger partial charge is 0.259 e. The van der Waals surface area contributed by atoms with Gasteiger partial charge in [0.2, 0.25) is 0 Å². The van der Waals surface area contributed by atoms with Gasteiger partial charge in [0.15, 0.2) is 0 Å². The van der Waals surface area contributed by atoms with Crippen LogP contribution in [0.1, 0.15) is 42.1 Å². The fourth-order valence-corrected chi connectivity index (χ4v) is 2.67. The van der Waals surface area contributed by atoms with Gasteiger partial charge in [0.05, 0.1) is 5.69 Å². The van der Waals surface area contributed by atoms with E-state index in [0.717, 1.165) is 13.0 Å². The summed E-state index contributed by atoms with van der Waals surface area (Å²) in [6, 6.07) is 0.241. The van der Waals surface area contributed by atoms with Crippen LogP contribution in [0.2, 0.25) is 0 Å². The highest BCUT2D eigenvalue weighted by Gasteiger charge is 2.34. The van der Waals surface area contributed by atoms with Crippen LogP contribution >= 0.6 is 12.4 Å². The lowest BCUT2D eigenvalue weighted by molar-refractivity contribution is 0.0740. The van der Waals surface area contributed by atoms with Crippen LogP contribution in [0.4, 0.5) is 0 Å². The highest BCUT2D eigenvalue weighted by molar-refractivity contribution is 5.96. The lowest BCUT2D eigenvalue weighted by Crippen LogP contribution is -2.35. The van der Waals surface area contributed by atoms with Crippen molar-refractivity contribution in [3.63, 3.8) is 0 Å². The Bertz CT molecular complexity index is 447. The van der Waals surface area contributed by atoms with E-state index in [0.29, 0.717) is 35.9 Å². The zero-order valence-corrected chi connectivity index (χ0v) is 12.5. The molecule has 0 aromatic carbocycles. The molecule has 1 aliphatic heterocycles. The maximum atomic E-state index is 12.6. The van der Waals surface area contributed by atoms with Gasteiger partial charge in [0.25, 0.3) is 5.91 Å². The van der Waals surface area contributed by atoms with Crippen molar-refractivity contribution in [1.82, 2.24) is 10.1 Å². The van der Waals surface area contributed by atoms with Crippen LogP contribution in [0.25, 0.3) is 0 Å². The summed E-state index contributed by atoms with van der Waals surface area (Å²) in [7, 11) is 0. The number of halogens is 1. The molecule has 2 atom stereocenters. The summed E-state index contributed by atoms with van der Waals surface area (Å²) < 4.78 is 5.19. The van der Waals surface area contributed by atoms with Gasteiger partial charge in [-0.15, -0.1) is 12.4 Å². The predicted molar refractivity (Wildman–Crippen MR) is 75.5 cm³/mol. The second-order valence-corrected chi connectivity index (χ2v) is 5.06. The summed E-state index contributed by atoms with van der Waals surface area (Å²) in [5.41, 5.74) is 7.02. The molecule has 1 aromatic heterocycles. The van der Waals surface area contributed by atoms with E-state index in [4.69, 9.17) is 10.3 Å². The number of likely N-dealkylation sites (tertiary alicyclic amines) is 1. The van der Waals surface area contributed by atoms with E-state index in [1.165, 1.54) is 0 Å².